The van der Waals surface area contributed by atoms with E-state index >= 15 is 0 Å². The Balaban J connectivity index is 3.40. The Labute approximate surface area is 106 Å². The summed E-state index contributed by atoms with van der Waals surface area (Å²) < 4.78 is 5.26. The molecule has 0 aromatic rings. The normalized spacial score (nSPS) is 10.2. The van der Waals surface area contributed by atoms with E-state index in [1.807, 2.05) is 14.0 Å². The lowest BCUT2D eigenvalue weighted by Crippen LogP contribution is -2.38. The summed E-state index contributed by atoms with van der Waals surface area (Å²) in [6.07, 6.45) is 4.75. The van der Waals surface area contributed by atoms with Gasteiger partial charge in [-0.2, -0.15) is 0 Å². The minimum absolute atomic E-state index is 0.793. The first-order valence-corrected chi connectivity index (χ1v) is 6.69. The molecule has 3 nitrogen and oxygen atoms in total. The molecule has 0 rings (SSSR count). The fourth-order valence-electron chi connectivity index (χ4n) is 1.35. The van der Waals surface area contributed by atoms with Crippen molar-refractivity contribution in [3.63, 3.8) is 0 Å². The van der Waals surface area contributed by atoms with Gasteiger partial charge in [0.05, 0.1) is 0 Å². The molecule has 4 heteroatoms. The van der Waals surface area contributed by atoms with Gasteiger partial charge in [-0.25, -0.2) is 0 Å². The fourth-order valence-corrected chi connectivity index (χ4v) is 1.54. The second-order valence-electron chi connectivity index (χ2n) is 3.91. The molecule has 0 unspecified atom stereocenters. The SMILES string of the molecule is CCCCCN(C)C(=S)NCCCOCC. The molecular formula is C12H26N2OS. The van der Waals surface area contributed by atoms with Crippen LogP contribution in [0, 0.1) is 0 Å². The number of unbranched alkanes of at least 4 members (excludes halogenated alkanes) is 2. The minimum Gasteiger partial charge on any atom is -0.382 e. The van der Waals surface area contributed by atoms with E-state index in [1.165, 1.54) is 19.3 Å². The quantitative estimate of drug-likeness (QED) is 0.499. The first-order chi connectivity index (χ1) is 7.72. The van der Waals surface area contributed by atoms with Crippen LogP contribution in [0.2, 0.25) is 0 Å². The molecule has 0 bridgehead atoms. The van der Waals surface area contributed by atoms with Crippen molar-refractivity contribution in [1.82, 2.24) is 10.2 Å². The summed E-state index contributed by atoms with van der Waals surface area (Å²) in [5, 5.41) is 4.10. The summed E-state index contributed by atoms with van der Waals surface area (Å²) in [5.74, 6) is 0. The van der Waals surface area contributed by atoms with Crippen LogP contribution in [-0.2, 0) is 4.74 Å². The molecule has 0 spiro atoms. The van der Waals surface area contributed by atoms with E-state index in [9.17, 15) is 0 Å². The zero-order chi connectivity index (χ0) is 12.2. The van der Waals surface area contributed by atoms with Crippen molar-refractivity contribution in [2.24, 2.45) is 0 Å². The summed E-state index contributed by atoms with van der Waals surface area (Å²) in [7, 11) is 2.05. The summed E-state index contributed by atoms with van der Waals surface area (Å²) >= 11 is 5.28. The second-order valence-corrected chi connectivity index (χ2v) is 4.30. The average molecular weight is 246 g/mol. The number of hydrogen-bond acceptors (Lipinski definition) is 2. The van der Waals surface area contributed by atoms with E-state index in [-0.39, 0.29) is 0 Å². The van der Waals surface area contributed by atoms with Crippen LogP contribution < -0.4 is 5.32 Å². The van der Waals surface area contributed by atoms with Crippen molar-refractivity contribution in [3.05, 3.63) is 0 Å². The van der Waals surface area contributed by atoms with Gasteiger partial charge in [-0.05, 0) is 32.0 Å². The van der Waals surface area contributed by atoms with Gasteiger partial charge in [0, 0.05) is 33.4 Å². The van der Waals surface area contributed by atoms with Crippen LogP contribution in [0.4, 0.5) is 0 Å². The van der Waals surface area contributed by atoms with Gasteiger partial charge in [-0.3, -0.25) is 0 Å². The second kappa shape index (κ2) is 11.1. The largest absolute Gasteiger partial charge is 0.382 e. The number of hydrogen-bond donors (Lipinski definition) is 1. The number of rotatable bonds is 9. The lowest BCUT2D eigenvalue weighted by Gasteiger charge is -2.20. The Kier molecular flexibility index (Phi) is 10.9. The number of nitrogens with zero attached hydrogens (tertiary/aromatic N) is 1. The molecule has 0 aromatic heterocycles. The van der Waals surface area contributed by atoms with Gasteiger partial charge in [0.15, 0.2) is 5.11 Å². The molecule has 0 saturated carbocycles. The average Bonchev–Trinajstić information content (AvgIpc) is 2.28. The van der Waals surface area contributed by atoms with Crippen LogP contribution >= 0.6 is 12.2 Å². The Morgan fingerprint density at radius 3 is 2.62 bits per heavy atom. The smallest absolute Gasteiger partial charge is 0.168 e. The maximum Gasteiger partial charge on any atom is 0.168 e. The van der Waals surface area contributed by atoms with Crippen LogP contribution in [0.1, 0.15) is 39.5 Å². The third-order valence-corrected chi connectivity index (χ3v) is 2.85. The molecular weight excluding hydrogens is 220 g/mol. The third kappa shape index (κ3) is 8.92. The van der Waals surface area contributed by atoms with E-state index in [0.717, 1.165) is 37.8 Å². The standard InChI is InChI=1S/C12H26N2OS/c1-4-6-7-10-14(3)12(16)13-9-8-11-15-5-2/h4-11H2,1-3H3,(H,13,16). The van der Waals surface area contributed by atoms with Crippen LogP contribution in [-0.4, -0.2) is 43.4 Å². The van der Waals surface area contributed by atoms with E-state index < -0.39 is 0 Å². The Hall–Kier alpha value is -0.350. The molecule has 0 atom stereocenters. The highest BCUT2D eigenvalue weighted by molar-refractivity contribution is 7.80. The lowest BCUT2D eigenvalue weighted by atomic mass is 10.2. The molecule has 96 valence electrons. The van der Waals surface area contributed by atoms with Gasteiger partial charge < -0.3 is 15.0 Å². The number of nitrogens with one attached hydrogen (secondary N) is 1. The van der Waals surface area contributed by atoms with Crippen molar-refractivity contribution >= 4 is 17.3 Å². The van der Waals surface area contributed by atoms with Crippen LogP contribution in [0.3, 0.4) is 0 Å². The van der Waals surface area contributed by atoms with Gasteiger partial charge >= 0.3 is 0 Å². The Bertz CT molecular complexity index is 176. The summed E-state index contributed by atoms with van der Waals surface area (Å²) in [4.78, 5) is 2.12. The highest BCUT2D eigenvalue weighted by atomic mass is 32.1. The minimum atomic E-state index is 0.793. The molecule has 1 N–H and O–H groups in total. The molecule has 0 aliphatic rings. The fraction of sp³-hybridized carbons (Fsp3) is 0.917. The lowest BCUT2D eigenvalue weighted by molar-refractivity contribution is 0.145. The van der Waals surface area contributed by atoms with Crippen molar-refractivity contribution in [3.8, 4) is 0 Å². The van der Waals surface area contributed by atoms with E-state index in [1.54, 1.807) is 0 Å². The molecule has 0 fully saturated rings. The Morgan fingerprint density at radius 1 is 1.25 bits per heavy atom. The van der Waals surface area contributed by atoms with Crippen LogP contribution in [0.15, 0.2) is 0 Å². The van der Waals surface area contributed by atoms with Gasteiger partial charge in [0.25, 0.3) is 0 Å². The summed E-state index contributed by atoms with van der Waals surface area (Å²) in [6.45, 7) is 7.78. The molecule has 0 aliphatic heterocycles. The third-order valence-electron chi connectivity index (χ3n) is 2.39. The monoisotopic (exact) mass is 246 g/mol. The summed E-state index contributed by atoms with van der Waals surface area (Å²) in [5.41, 5.74) is 0. The number of ether oxygens (including phenoxy) is 1. The maximum absolute atomic E-state index is 5.28. The Morgan fingerprint density at radius 2 is 2.00 bits per heavy atom. The zero-order valence-corrected chi connectivity index (χ0v) is 11.7. The van der Waals surface area contributed by atoms with Gasteiger partial charge in [0.1, 0.15) is 0 Å². The molecule has 0 heterocycles. The predicted molar refractivity (Wildman–Crippen MR) is 73.9 cm³/mol. The molecule has 16 heavy (non-hydrogen) atoms. The van der Waals surface area contributed by atoms with Crippen LogP contribution in [0.25, 0.3) is 0 Å². The molecule has 0 aliphatic carbocycles. The first kappa shape index (κ1) is 15.7. The molecule has 0 saturated heterocycles. The molecule has 0 amide bonds. The van der Waals surface area contributed by atoms with Crippen molar-refractivity contribution in [1.29, 1.82) is 0 Å². The van der Waals surface area contributed by atoms with Gasteiger partial charge in [-0.15, -0.1) is 0 Å². The molecule has 0 radical (unpaired) electrons. The van der Waals surface area contributed by atoms with Crippen molar-refractivity contribution in [2.45, 2.75) is 39.5 Å². The van der Waals surface area contributed by atoms with Gasteiger partial charge in [-0.1, -0.05) is 19.8 Å². The highest BCUT2D eigenvalue weighted by Crippen LogP contribution is 1.96. The molecule has 0 aromatic carbocycles. The van der Waals surface area contributed by atoms with E-state index in [0.29, 0.717) is 0 Å². The van der Waals surface area contributed by atoms with Crippen LogP contribution in [0.5, 0.6) is 0 Å². The summed E-state index contributed by atoms with van der Waals surface area (Å²) in [6, 6.07) is 0. The first-order valence-electron chi connectivity index (χ1n) is 6.29. The highest BCUT2D eigenvalue weighted by Gasteiger charge is 2.02. The maximum atomic E-state index is 5.28. The van der Waals surface area contributed by atoms with E-state index in [2.05, 4.69) is 17.1 Å². The van der Waals surface area contributed by atoms with Crippen molar-refractivity contribution in [2.75, 3.05) is 33.4 Å². The number of thiocarbonyl (C=S) groups is 1. The predicted octanol–water partition coefficient (Wildman–Crippen LogP) is 2.41. The van der Waals surface area contributed by atoms with Gasteiger partial charge in [0.2, 0.25) is 0 Å². The zero-order valence-electron chi connectivity index (χ0n) is 10.9. The van der Waals surface area contributed by atoms with Crippen molar-refractivity contribution < 1.29 is 4.74 Å². The van der Waals surface area contributed by atoms with E-state index in [4.69, 9.17) is 17.0 Å². The topological polar surface area (TPSA) is 24.5 Å².